The number of aliphatic hydroxyl groups excluding tert-OH is 1. The van der Waals surface area contributed by atoms with E-state index in [-0.39, 0.29) is 12.4 Å². The summed E-state index contributed by atoms with van der Waals surface area (Å²) >= 11 is 5.95. The Labute approximate surface area is 88.1 Å². The summed E-state index contributed by atoms with van der Waals surface area (Å²) in [6.45, 7) is 1.74. The highest BCUT2D eigenvalue weighted by Gasteiger charge is 2.12. The molecular formula is C10H14ClNO2. The maximum Gasteiger partial charge on any atom is 0.120 e. The van der Waals surface area contributed by atoms with Gasteiger partial charge >= 0.3 is 0 Å². The van der Waals surface area contributed by atoms with Gasteiger partial charge < -0.3 is 15.9 Å². The first-order chi connectivity index (χ1) is 6.60. The molecule has 78 valence electrons. The fourth-order valence-corrected chi connectivity index (χ4v) is 1.59. The molecule has 0 bridgehead atoms. The van der Waals surface area contributed by atoms with Crippen molar-refractivity contribution in [2.75, 3.05) is 6.61 Å². The largest absolute Gasteiger partial charge is 0.508 e. The average Bonchev–Trinajstić information content (AvgIpc) is 2.19. The van der Waals surface area contributed by atoms with E-state index in [2.05, 4.69) is 0 Å². The van der Waals surface area contributed by atoms with Crippen LogP contribution in [-0.4, -0.2) is 16.8 Å². The molecular weight excluding hydrogens is 202 g/mol. The van der Waals surface area contributed by atoms with Crippen molar-refractivity contribution < 1.29 is 10.2 Å². The third-order valence-corrected chi connectivity index (χ3v) is 2.52. The predicted octanol–water partition coefficient (Wildman–Crippen LogP) is 1.60. The number of nitrogens with two attached hydrogens (primary N) is 1. The number of aryl methyl sites for hydroxylation is 1. The van der Waals surface area contributed by atoms with Gasteiger partial charge in [-0.2, -0.15) is 0 Å². The molecule has 3 nitrogen and oxygen atoms in total. The Morgan fingerprint density at radius 2 is 2.14 bits per heavy atom. The Morgan fingerprint density at radius 1 is 1.50 bits per heavy atom. The number of halogens is 1. The van der Waals surface area contributed by atoms with Crippen LogP contribution in [0.2, 0.25) is 5.02 Å². The van der Waals surface area contributed by atoms with Crippen molar-refractivity contribution in [3.63, 3.8) is 0 Å². The second-order valence-electron chi connectivity index (χ2n) is 3.15. The molecule has 0 heterocycles. The number of hydrogen-bond acceptors (Lipinski definition) is 3. The lowest BCUT2D eigenvalue weighted by atomic mass is 10.0. The highest BCUT2D eigenvalue weighted by atomic mass is 35.5. The van der Waals surface area contributed by atoms with Crippen LogP contribution in [-0.2, 0) is 6.42 Å². The van der Waals surface area contributed by atoms with Gasteiger partial charge in [0.05, 0.1) is 12.6 Å². The van der Waals surface area contributed by atoms with Gasteiger partial charge in [-0.25, -0.2) is 0 Å². The summed E-state index contributed by atoms with van der Waals surface area (Å²) in [5, 5.41) is 19.0. The van der Waals surface area contributed by atoms with E-state index in [1.807, 2.05) is 6.92 Å². The molecule has 0 aromatic heterocycles. The van der Waals surface area contributed by atoms with Crippen molar-refractivity contribution in [1.29, 1.82) is 0 Å². The first kappa shape index (κ1) is 11.3. The highest BCUT2D eigenvalue weighted by molar-refractivity contribution is 6.31. The Hall–Kier alpha value is -0.770. The average molecular weight is 216 g/mol. The van der Waals surface area contributed by atoms with E-state index in [1.54, 1.807) is 12.1 Å². The molecule has 1 aromatic rings. The van der Waals surface area contributed by atoms with Gasteiger partial charge in [0.1, 0.15) is 5.75 Å². The molecule has 0 saturated carbocycles. The molecule has 1 rings (SSSR count). The van der Waals surface area contributed by atoms with Crippen LogP contribution in [0.3, 0.4) is 0 Å². The number of aromatic hydroxyl groups is 1. The Balaban J connectivity index is 3.14. The quantitative estimate of drug-likeness (QED) is 0.718. The van der Waals surface area contributed by atoms with E-state index >= 15 is 0 Å². The number of phenols is 1. The van der Waals surface area contributed by atoms with Crippen molar-refractivity contribution in [3.05, 3.63) is 28.3 Å². The van der Waals surface area contributed by atoms with E-state index in [4.69, 9.17) is 22.4 Å². The molecule has 4 heteroatoms. The zero-order valence-electron chi connectivity index (χ0n) is 8.00. The third-order valence-electron chi connectivity index (χ3n) is 2.17. The summed E-state index contributed by atoms with van der Waals surface area (Å²) in [4.78, 5) is 0. The maximum atomic E-state index is 9.60. The van der Waals surface area contributed by atoms with Crippen LogP contribution in [0.1, 0.15) is 24.1 Å². The topological polar surface area (TPSA) is 66.5 Å². The fourth-order valence-electron chi connectivity index (χ4n) is 1.29. The number of rotatable bonds is 3. The van der Waals surface area contributed by atoms with Gasteiger partial charge in [0.15, 0.2) is 0 Å². The van der Waals surface area contributed by atoms with E-state index in [0.717, 1.165) is 12.0 Å². The van der Waals surface area contributed by atoms with Gasteiger partial charge in [0.2, 0.25) is 0 Å². The zero-order chi connectivity index (χ0) is 10.7. The fraction of sp³-hybridized carbons (Fsp3) is 0.400. The van der Waals surface area contributed by atoms with Crippen molar-refractivity contribution >= 4 is 11.6 Å². The van der Waals surface area contributed by atoms with Crippen LogP contribution < -0.4 is 5.73 Å². The van der Waals surface area contributed by atoms with E-state index < -0.39 is 6.04 Å². The second-order valence-corrected chi connectivity index (χ2v) is 3.55. The van der Waals surface area contributed by atoms with Gasteiger partial charge in [0.25, 0.3) is 0 Å². The molecule has 0 aliphatic heterocycles. The van der Waals surface area contributed by atoms with Crippen LogP contribution in [0.4, 0.5) is 0 Å². The van der Waals surface area contributed by atoms with Crippen LogP contribution in [0, 0.1) is 0 Å². The molecule has 0 aliphatic carbocycles. The van der Waals surface area contributed by atoms with Gasteiger partial charge in [-0.15, -0.1) is 0 Å². The number of hydrogen-bond donors (Lipinski definition) is 3. The molecule has 1 atom stereocenters. The first-order valence-electron chi connectivity index (χ1n) is 4.47. The summed E-state index contributed by atoms with van der Waals surface area (Å²) in [6.07, 6.45) is 0.751. The smallest absolute Gasteiger partial charge is 0.120 e. The highest BCUT2D eigenvalue weighted by Crippen LogP contribution is 2.29. The molecule has 0 saturated heterocycles. The molecule has 1 unspecified atom stereocenters. The lowest BCUT2D eigenvalue weighted by Gasteiger charge is -2.13. The minimum absolute atomic E-state index is 0.0906. The van der Waals surface area contributed by atoms with Crippen molar-refractivity contribution in [2.24, 2.45) is 5.73 Å². The van der Waals surface area contributed by atoms with Gasteiger partial charge in [-0.05, 0) is 24.1 Å². The second kappa shape index (κ2) is 4.64. The predicted molar refractivity (Wildman–Crippen MR) is 56.5 cm³/mol. The van der Waals surface area contributed by atoms with Gasteiger partial charge in [-0.1, -0.05) is 18.5 Å². The van der Waals surface area contributed by atoms with Crippen molar-refractivity contribution in [2.45, 2.75) is 19.4 Å². The summed E-state index contributed by atoms with van der Waals surface area (Å²) in [5.41, 5.74) is 6.94. The minimum Gasteiger partial charge on any atom is -0.508 e. The minimum atomic E-state index is -0.585. The van der Waals surface area contributed by atoms with E-state index in [0.29, 0.717) is 10.6 Å². The van der Waals surface area contributed by atoms with Crippen LogP contribution in [0.25, 0.3) is 0 Å². The summed E-state index contributed by atoms with van der Waals surface area (Å²) in [5.74, 6) is 0.0906. The standard InChI is InChI=1S/C10H14ClNO2/c1-2-6-3-10(14)7(4-8(6)11)9(12)5-13/h3-4,9,13-14H,2,5,12H2,1H3. The Morgan fingerprint density at radius 3 is 2.64 bits per heavy atom. The Bertz CT molecular complexity index is 328. The van der Waals surface area contributed by atoms with Crippen LogP contribution in [0.15, 0.2) is 12.1 Å². The first-order valence-corrected chi connectivity index (χ1v) is 4.85. The molecule has 0 radical (unpaired) electrons. The molecule has 0 fully saturated rings. The SMILES string of the molecule is CCc1cc(O)c(C(N)CO)cc1Cl. The van der Waals surface area contributed by atoms with Crippen molar-refractivity contribution in [1.82, 2.24) is 0 Å². The van der Waals surface area contributed by atoms with Crippen LogP contribution >= 0.6 is 11.6 Å². The lowest BCUT2D eigenvalue weighted by molar-refractivity contribution is 0.265. The number of aliphatic hydroxyl groups is 1. The normalized spacial score (nSPS) is 12.9. The van der Waals surface area contributed by atoms with Gasteiger partial charge in [-0.3, -0.25) is 0 Å². The third kappa shape index (κ3) is 2.18. The molecule has 14 heavy (non-hydrogen) atoms. The summed E-state index contributed by atoms with van der Waals surface area (Å²) < 4.78 is 0. The summed E-state index contributed by atoms with van der Waals surface area (Å²) in [7, 11) is 0. The van der Waals surface area contributed by atoms with E-state index in [9.17, 15) is 5.11 Å². The number of phenolic OH excluding ortho intramolecular Hbond substituents is 1. The molecule has 0 amide bonds. The maximum absolute atomic E-state index is 9.60. The zero-order valence-corrected chi connectivity index (χ0v) is 8.75. The molecule has 0 spiro atoms. The molecule has 4 N–H and O–H groups in total. The molecule has 1 aromatic carbocycles. The number of benzene rings is 1. The van der Waals surface area contributed by atoms with Crippen molar-refractivity contribution in [3.8, 4) is 5.75 Å². The lowest BCUT2D eigenvalue weighted by Crippen LogP contribution is -2.14. The van der Waals surface area contributed by atoms with Crippen LogP contribution in [0.5, 0.6) is 5.75 Å². The Kier molecular flexibility index (Phi) is 3.75. The monoisotopic (exact) mass is 215 g/mol. The molecule has 0 aliphatic rings. The van der Waals surface area contributed by atoms with E-state index in [1.165, 1.54) is 0 Å². The summed E-state index contributed by atoms with van der Waals surface area (Å²) in [6, 6.07) is 2.61. The van der Waals surface area contributed by atoms with Gasteiger partial charge in [0, 0.05) is 10.6 Å².